The number of carbonyl (C=O) groups excluding carboxylic acids is 2. The zero-order valence-electron chi connectivity index (χ0n) is 26.2. The number of fused-ring (bicyclic) bond motifs is 2. The van der Waals surface area contributed by atoms with Gasteiger partial charge in [0.25, 0.3) is 5.91 Å². The summed E-state index contributed by atoms with van der Waals surface area (Å²) in [6.07, 6.45) is 11.6. The third-order valence-corrected chi connectivity index (χ3v) is 9.45. The largest absolute Gasteiger partial charge is 0.449 e. The van der Waals surface area contributed by atoms with Crippen LogP contribution in [0.15, 0.2) is 49.1 Å². The monoisotopic (exact) mass is 632 g/mol. The summed E-state index contributed by atoms with van der Waals surface area (Å²) in [6, 6.07) is 9.22. The zero-order valence-corrected chi connectivity index (χ0v) is 26.9. The van der Waals surface area contributed by atoms with Gasteiger partial charge >= 0.3 is 6.09 Å². The predicted octanol–water partition coefficient (Wildman–Crippen LogP) is 5.39. The van der Waals surface area contributed by atoms with Crippen LogP contribution in [0.25, 0.3) is 11.6 Å². The number of imidazole rings is 1. The Balaban J connectivity index is 1.36. The Labute approximate surface area is 269 Å². The van der Waals surface area contributed by atoms with Crippen LogP contribution in [-0.4, -0.2) is 81.8 Å². The molecule has 2 aromatic heterocycles. The molecule has 11 heteroatoms. The fourth-order valence-corrected chi connectivity index (χ4v) is 6.59. The molecule has 6 rings (SSSR count). The normalized spacial score (nSPS) is 19.5. The maximum atomic E-state index is 13.6. The smallest absolute Gasteiger partial charge is 0.409 e. The maximum absolute atomic E-state index is 13.6. The van der Waals surface area contributed by atoms with Gasteiger partial charge in [0, 0.05) is 51.6 Å². The highest BCUT2D eigenvalue weighted by molar-refractivity contribution is 6.30. The van der Waals surface area contributed by atoms with Crippen molar-refractivity contribution in [2.24, 2.45) is 7.05 Å². The molecule has 0 radical (unpaired) electrons. The summed E-state index contributed by atoms with van der Waals surface area (Å²) in [6.45, 7) is 5.00. The minimum absolute atomic E-state index is 0.148. The number of unbranched alkanes of at least 4 members (excludes halogenated alkanes) is 2. The molecule has 2 atom stereocenters. The van der Waals surface area contributed by atoms with Crippen LogP contribution in [0.3, 0.4) is 0 Å². The number of nitrogens with one attached hydrogen (secondary N) is 1. The number of aromatic nitrogens is 3. The summed E-state index contributed by atoms with van der Waals surface area (Å²) in [5, 5.41) is 3.91. The van der Waals surface area contributed by atoms with Crippen LogP contribution in [0.4, 0.5) is 4.79 Å². The highest BCUT2D eigenvalue weighted by Crippen LogP contribution is 2.45. The van der Waals surface area contributed by atoms with Crippen molar-refractivity contribution in [3.8, 4) is 0 Å². The Kier molecular flexibility index (Phi) is 9.26. The SMILES string of the molecule is CCCCCOC(=O)N1CCN([C@H]2c3ccc(Cl)cc3C([C@@H](NC(=O)C3(OC)CC3)c3cncn3C)=Cc3cccnc32)CC1. The van der Waals surface area contributed by atoms with E-state index in [4.69, 9.17) is 26.1 Å². The van der Waals surface area contributed by atoms with Gasteiger partial charge in [0.1, 0.15) is 5.60 Å². The molecule has 1 saturated carbocycles. The van der Waals surface area contributed by atoms with Crippen molar-refractivity contribution in [3.63, 3.8) is 0 Å². The lowest BCUT2D eigenvalue weighted by atomic mass is 9.89. The summed E-state index contributed by atoms with van der Waals surface area (Å²) in [4.78, 5) is 39.9. The average Bonchev–Trinajstić information content (AvgIpc) is 3.78. The highest BCUT2D eigenvalue weighted by atomic mass is 35.5. The van der Waals surface area contributed by atoms with E-state index in [-0.39, 0.29) is 18.0 Å². The van der Waals surface area contributed by atoms with Crippen LogP contribution in [0.1, 0.15) is 79.2 Å². The van der Waals surface area contributed by atoms with Crippen molar-refractivity contribution >= 4 is 35.3 Å². The summed E-state index contributed by atoms with van der Waals surface area (Å²) >= 11 is 6.69. The van der Waals surface area contributed by atoms with Crippen LogP contribution in [0.5, 0.6) is 0 Å². The van der Waals surface area contributed by atoms with E-state index < -0.39 is 11.6 Å². The van der Waals surface area contributed by atoms with Crippen LogP contribution in [0.2, 0.25) is 5.02 Å². The molecule has 45 heavy (non-hydrogen) atoms. The fourth-order valence-electron chi connectivity index (χ4n) is 6.42. The number of benzene rings is 1. The summed E-state index contributed by atoms with van der Waals surface area (Å²) in [7, 11) is 3.51. The number of hydrogen-bond acceptors (Lipinski definition) is 7. The first-order valence-electron chi connectivity index (χ1n) is 15.8. The van der Waals surface area contributed by atoms with Gasteiger partial charge in [-0.05, 0) is 65.8 Å². The van der Waals surface area contributed by atoms with Gasteiger partial charge in [-0.25, -0.2) is 9.78 Å². The molecule has 0 spiro atoms. The Morgan fingerprint density at radius 1 is 1.16 bits per heavy atom. The average molecular weight is 633 g/mol. The standard InChI is InChI=1S/C34H41ClN6O4/c1-4-5-6-18-45-33(43)41-16-14-40(15-17-41)31-25-10-9-24(35)20-26(25)27(19-23-8-7-13-37-29(23)31)30(28-21-36-22-39(28)2)38-32(42)34(44-3)11-12-34/h7-10,13,19-22,30-31H,4-6,11-12,14-18H2,1-3H3,(H,38,42)/t30-,31+/m1/s1. The molecule has 3 aliphatic rings. The van der Waals surface area contributed by atoms with E-state index in [1.807, 2.05) is 36.0 Å². The molecular weight excluding hydrogens is 592 g/mol. The molecule has 1 N–H and O–H groups in total. The lowest BCUT2D eigenvalue weighted by Crippen LogP contribution is -2.50. The topological polar surface area (TPSA) is 102 Å². The van der Waals surface area contributed by atoms with Crippen LogP contribution < -0.4 is 5.32 Å². The number of pyridine rings is 1. The molecule has 2 aliphatic carbocycles. The molecule has 0 unspecified atom stereocenters. The van der Waals surface area contributed by atoms with Gasteiger partial charge < -0.3 is 24.3 Å². The number of amides is 2. The number of halogens is 1. The van der Waals surface area contributed by atoms with Crippen molar-refractivity contribution in [1.29, 1.82) is 0 Å². The van der Waals surface area contributed by atoms with Crippen molar-refractivity contribution in [2.45, 2.75) is 56.7 Å². The van der Waals surface area contributed by atoms with E-state index in [0.717, 1.165) is 52.9 Å². The van der Waals surface area contributed by atoms with E-state index in [9.17, 15) is 9.59 Å². The number of piperazine rings is 1. The second-order valence-corrected chi connectivity index (χ2v) is 12.5. The van der Waals surface area contributed by atoms with E-state index >= 15 is 0 Å². The first kappa shape index (κ1) is 31.3. The Hall–Kier alpha value is -3.73. The minimum Gasteiger partial charge on any atom is -0.449 e. The zero-order chi connectivity index (χ0) is 31.6. The predicted molar refractivity (Wildman–Crippen MR) is 172 cm³/mol. The number of ether oxygens (including phenoxy) is 2. The molecule has 2 fully saturated rings. The maximum Gasteiger partial charge on any atom is 0.409 e. The van der Waals surface area contributed by atoms with Gasteiger partial charge in [0.15, 0.2) is 0 Å². The van der Waals surface area contributed by atoms with Crippen molar-refractivity contribution < 1.29 is 19.1 Å². The molecule has 2 amide bonds. The fraction of sp³-hybridized carbons (Fsp3) is 0.471. The van der Waals surface area contributed by atoms with E-state index in [1.165, 1.54) is 0 Å². The molecule has 3 aromatic rings. The molecule has 1 aromatic carbocycles. The Morgan fingerprint density at radius 2 is 1.96 bits per heavy atom. The highest BCUT2D eigenvalue weighted by Gasteiger charge is 2.51. The quantitative estimate of drug-likeness (QED) is 0.299. The number of aryl methyl sites for hydroxylation is 1. The molecule has 1 saturated heterocycles. The van der Waals surface area contributed by atoms with Crippen LogP contribution in [0, 0.1) is 0 Å². The second-order valence-electron chi connectivity index (χ2n) is 12.1. The van der Waals surface area contributed by atoms with Crippen LogP contribution in [-0.2, 0) is 21.3 Å². The first-order chi connectivity index (χ1) is 21.8. The summed E-state index contributed by atoms with van der Waals surface area (Å²) in [5.74, 6) is -0.148. The third kappa shape index (κ3) is 6.36. The van der Waals surface area contributed by atoms with Gasteiger partial charge in [-0.1, -0.05) is 43.5 Å². The number of nitrogens with zero attached hydrogens (tertiary/aromatic N) is 5. The third-order valence-electron chi connectivity index (χ3n) is 9.22. The van der Waals surface area contributed by atoms with Crippen LogP contribution >= 0.6 is 11.6 Å². The van der Waals surface area contributed by atoms with Crippen molar-refractivity contribution in [1.82, 2.24) is 29.7 Å². The molecule has 3 heterocycles. The van der Waals surface area contributed by atoms with Gasteiger partial charge in [-0.2, -0.15) is 0 Å². The lowest BCUT2D eigenvalue weighted by Gasteiger charge is -2.39. The molecule has 0 bridgehead atoms. The van der Waals surface area contributed by atoms with E-state index in [1.54, 1.807) is 24.5 Å². The number of rotatable bonds is 10. The minimum atomic E-state index is -0.807. The number of methoxy groups -OCH3 is 1. The van der Waals surface area contributed by atoms with Gasteiger partial charge in [-0.15, -0.1) is 0 Å². The molecular formula is C34H41ClN6O4. The number of carbonyl (C=O) groups is 2. The molecule has 1 aliphatic heterocycles. The lowest BCUT2D eigenvalue weighted by molar-refractivity contribution is -0.134. The van der Waals surface area contributed by atoms with Gasteiger partial charge in [0.2, 0.25) is 0 Å². The number of hydrogen-bond donors (Lipinski definition) is 1. The first-order valence-corrected chi connectivity index (χ1v) is 16.2. The van der Waals surface area contributed by atoms with Gasteiger partial charge in [0.05, 0.1) is 42.6 Å². The summed E-state index contributed by atoms with van der Waals surface area (Å²) < 4.78 is 13.1. The molecule has 238 valence electrons. The van der Waals surface area contributed by atoms with Crippen molar-refractivity contribution in [2.75, 3.05) is 39.9 Å². The Morgan fingerprint density at radius 3 is 2.64 bits per heavy atom. The molecule has 10 nitrogen and oxygen atoms in total. The van der Waals surface area contributed by atoms with E-state index in [0.29, 0.717) is 50.7 Å². The summed E-state index contributed by atoms with van der Waals surface area (Å²) in [5.41, 5.74) is 4.75. The van der Waals surface area contributed by atoms with Gasteiger partial charge in [-0.3, -0.25) is 14.7 Å². The second kappa shape index (κ2) is 13.3. The Bertz CT molecular complexity index is 1580. The van der Waals surface area contributed by atoms with E-state index in [2.05, 4.69) is 40.3 Å². The van der Waals surface area contributed by atoms with Crippen molar-refractivity contribution in [3.05, 3.63) is 82.2 Å².